The van der Waals surface area contributed by atoms with Crippen molar-refractivity contribution in [3.8, 4) is 17.0 Å². The Hall–Kier alpha value is -2.95. The summed E-state index contributed by atoms with van der Waals surface area (Å²) in [5, 5.41) is 0. The summed E-state index contributed by atoms with van der Waals surface area (Å²) in [5.74, 6) is 0.0834. The van der Waals surface area contributed by atoms with Crippen LogP contribution in [0.25, 0.3) is 11.3 Å². The Morgan fingerprint density at radius 1 is 1.06 bits per heavy atom. The molecule has 1 atom stereocenters. The molecule has 0 saturated carbocycles. The zero-order chi connectivity index (χ0) is 22.5. The third-order valence-electron chi connectivity index (χ3n) is 4.92. The average Bonchev–Trinajstić information content (AvgIpc) is 2.78. The largest absolute Gasteiger partial charge is 0.463 e. The molecule has 0 aliphatic rings. The van der Waals surface area contributed by atoms with Crippen molar-refractivity contribution in [1.82, 2.24) is 4.98 Å². The maximum atomic E-state index is 11.9. The van der Waals surface area contributed by atoms with E-state index in [0.29, 0.717) is 18.6 Å². The summed E-state index contributed by atoms with van der Waals surface area (Å²) in [5.41, 5.74) is 3.00. The van der Waals surface area contributed by atoms with Crippen LogP contribution in [0.2, 0.25) is 0 Å². The molecular weight excluding hydrogens is 390 g/mol. The quantitative estimate of drug-likeness (QED) is 0.236. The van der Waals surface area contributed by atoms with Crippen LogP contribution in [0.15, 0.2) is 54.7 Å². The number of hydrogen-bond donors (Lipinski definition) is 0. The van der Waals surface area contributed by atoms with E-state index in [1.807, 2.05) is 38.1 Å². The number of benzene rings is 1. The van der Waals surface area contributed by atoms with Gasteiger partial charge in [-0.1, -0.05) is 43.3 Å². The third-order valence-corrected chi connectivity index (χ3v) is 4.92. The highest BCUT2D eigenvalue weighted by Gasteiger charge is 2.09. The molecule has 0 aliphatic carbocycles. The van der Waals surface area contributed by atoms with Gasteiger partial charge in [0.15, 0.2) is 0 Å². The number of carbonyl (C=O) groups is 2. The van der Waals surface area contributed by atoms with Crippen molar-refractivity contribution >= 4 is 11.9 Å². The van der Waals surface area contributed by atoms with Gasteiger partial charge in [0.2, 0.25) is 0 Å². The summed E-state index contributed by atoms with van der Waals surface area (Å²) < 4.78 is 10.7. The Morgan fingerprint density at radius 2 is 1.84 bits per heavy atom. The van der Waals surface area contributed by atoms with E-state index in [-0.39, 0.29) is 18.0 Å². The highest BCUT2D eigenvalue weighted by Crippen LogP contribution is 2.21. The van der Waals surface area contributed by atoms with Crippen LogP contribution in [0, 0.1) is 0 Å². The molecule has 2 aromatic rings. The number of allylic oxidation sites excluding steroid dienone is 2. The van der Waals surface area contributed by atoms with E-state index in [4.69, 9.17) is 9.47 Å². The fraction of sp³-hybridized carbons (Fsp3) is 0.423. The lowest BCUT2D eigenvalue weighted by Crippen LogP contribution is -2.14. The molecule has 31 heavy (non-hydrogen) atoms. The summed E-state index contributed by atoms with van der Waals surface area (Å²) in [6, 6.07) is 11.8. The molecule has 1 heterocycles. The summed E-state index contributed by atoms with van der Waals surface area (Å²) >= 11 is 0. The van der Waals surface area contributed by atoms with E-state index in [1.54, 1.807) is 19.2 Å². The Morgan fingerprint density at radius 3 is 2.48 bits per heavy atom. The zero-order valence-corrected chi connectivity index (χ0v) is 18.8. The highest BCUT2D eigenvalue weighted by atomic mass is 16.5. The minimum Gasteiger partial charge on any atom is -0.463 e. The molecule has 166 valence electrons. The number of unbranched alkanes of at least 4 members (excludes halogenated alkanes) is 2. The van der Waals surface area contributed by atoms with Gasteiger partial charge in [-0.3, -0.25) is 14.6 Å². The van der Waals surface area contributed by atoms with Crippen molar-refractivity contribution in [3.63, 3.8) is 0 Å². The van der Waals surface area contributed by atoms with Gasteiger partial charge in [-0.2, -0.15) is 0 Å². The van der Waals surface area contributed by atoms with Gasteiger partial charge in [0.05, 0.1) is 18.0 Å². The SMILES string of the molecule is CC=CCCCCC(=O)Oc1ccc(-c2ccc(CCC(C)OC(=O)CC)cc2)nc1. The number of esters is 2. The number of nitrogens with zero attached hydrogens (tertiary/aromatic N) is 1. The Bertz CT molecular complexity index is 841. The lowest BCUT2D eigenvalue weighted by atomic mass is 10.0. The summed E-state index contributed by atoms with van der Waals surface area (Å²) in [4.78, 5) is 27.7. The lowest BCUT2D eigenvalue weighted by molar-refractivity contribution is -0.148. The minimum absolute atomic E-state index is 0.0859. The normalized spacial score (nSPS) is 12.0. The second-order valence-corrected chi connectivity index (χ2v) is 7.56. The number of aromatic nitrogens is 1. The highest BCUT2D eigenvalue weighted by molar-refractivity contribution is 5.72. The number of pyridine rings is 1. The molecule has 1 aromatic heterocycles. The molecule has 2 rings (SSSR count). The lowest BCUT2D eigenvalue weighted by Gasteiger charge is -2.12. The molecule has 1 unspecified atom stereocenters. The standard InChI is InChI=1S/C26H33NO4/c1-4-6-7-8-9-10-26(29)31-23-17-18-24(27-19-23)22-15-13-21(14-16-22)12-11-20(3)30-25(28)5-2/h4,6,13-20H,5,7-12H2,1-3H3. The van der Waals surface area contributed by atoms with Crippen molar-refractivity contribution in [1.29, 1.82) is 0 Å². The first-order valence-electron chi connectivity index (χ1n) is 11.1. The van der Waals surface area contributed by atoms with Crippen molar-refractivity contribution in [2.75, 3.05) is 0 Å². The first-order valence-corrected chi connectivity index (χ1v) is 11.1. The van der Waals surface area contributed by atoms with Crippen LogP contribution < -0.4 is 4.74 Å². The molecule has 0 saturated heterocycles. The van der Waals surface area contributed by atoms with Crippen LogP contribution in [0.1, 0.15) is 64.9 Å². The Labute approximate surface area is 185 Å². The molecule has 0 spiro atoms. The van der Waals surface area contributed by atoms with Crippen LogP contribution in [-0.2, 0) is 20.7 Å². The molecule has 0 radical (unpaired) electrons. The number of carbonyl (C=O) groups excluding carboxylic acids is 2. The molecule has 1 aromatic carbocycles. The number of rotatable bonds is 12. The van der Waals surface area contributed by atoms with Gasteiger partial charge < -0.3 is 9.47 Å². The van der Waals surface area contributed by atoms with Crippen LogP contribution >= 0.6 is 0 Å². The van der Waals surface area contributed by atoms with Gasteiger partial charge in [-0.25, -0.2) is 0 Å². The topological polar surface area (TPSA) is 65.5 Å². The summed E-state index contributed by atoms with van der Waals surface area (Å²) in [6.45, 7) is 5.71. The predicted octanol–water partition coefficient (Wildman–Crippen LogP) is 6.06. The maximum Gasteiger partial charge on any atom is 0.311 e. The van der Waals surface area contributed by atoms with E-state index in [9.17, 15) is 9.59 Å². The van der Waals surface area contributed by atoms with Crippen molar-refractivity contribution < 1.29 is 19.1 Å². The van der Waals surface area contributed by atoms with Crippen molar-refractivity contribution in [2.24, 2.45) is 0 Å². The van der Waals surface area contributed by atoms with Crippen LogP contribution in [0.5, 0.6) is 5.75 Å². The second-order valence-electron chi connectivity index (χ2n) is 7.56. The third kappa shape index (κ3) is 9.16. The van der Waals surface area contributed by atoms with Crippen molar-refractivity contribution in [2.45, 2.75) is 71.8 Å². The average molecular weight is 424 g/mol. The van der Waals surface area contributed by atoms with Gasteiger partial charge in [0.1, 0.15) is 5.75 Å². The summed E-state index contributed by atoms with van der Waals surface area (Å²) in [6.07, 6.45) is 10.9. The van der Waals surface area contributed by atoms with Gasteiger partial charge >= 0.3 is 11.9 Å². The van der Waals surface area contributed by atoms with Crippen LogP contribution in [-0.4, -0.2) is 23.0 Å². The van der Waals surface area contributed by atoms with Crippen molar-refractivity contribution in [3.05, 3.63) is 60.3 Å². The Kier molecular flexibility index (Phi) is 10.5. The maximum absolute atomic E-state index is 11.9. The first-order chi connectivity index (χ1) is 15.0. The number of ether oxygens (including phenoxy) is 2. The van der Waals surface area contributed by atoms with E-state index >= 15 is 0 Å². The number of hydrogen-bond acceptors (Lipinski definition) is 5. The van der Waals surface area contributed by atoms with Gasteiger partial charge in [-0.15, -0.1) is 0 Å². The predicted molar refractivity (Wildman–Crippen MR) is 123 cm³/mol. The molecule has 0 bridgehead atoms. The molecular formula is C26H33NO4. The first kappa shape index (κ1) is 24.3. The van der Waals surface area contributed by atoms with Gasteiger partial charge in [0.25, 0.3) is 0 Å². The second kappa shape index (κ2) is 13.4. The summed E-state index contributed by atoms with van der Waals surface area (Å²) in [7, 11) is 0. The molecule has 5 nitrogen and oxygen atoms in total. The zero-order valence-electron chi connectivity index (χ0n) is 18.8. The van der Waals surface area contributed by atoms with E-state index < -0.39 is 0 Å². The van der Waals surface area contributed by atoms with Crippen LogP contribution in [0.4, 0.5) is 0 Å². The molecule has 0 amide bonds. The molecule has 5 heteroatoms. The fourth-order valence-corrected chi connectivity index (χ4v) is 3.07. The number of aryl methyl sites for hydroxylation is 1. The van der Waals surface area contributed by atoms with Crippen LogP contribution in [0.3, 0.4) is 0 Å². The monoisotopic (exact) mass is 423 g/mol. The minimum atomic E-state index is -0.224. The van der Waals surface area contributed by atoms with Gasteiger partial charge in [0, 0.05) is 18.4 Å². The van der Waals surface area contributed by atoms with E-state index in [1.165, 1.54) is 5.56 Å². The smallest absolute Gasteiger partial charge is 0.311 e. The molecule has 0 fully saturated rings. The fourth-order valence-electron chi connectivity index (χ4n) is 3.07. The molecule has 0 N–H and O–H groups in total. The van der Waals surface area contributed by atoms with E-state index in [2.05, 4.69) is 23.2 Å². The van der Waals surface area contributed by atoms with Gasteiger partial charge in [-0.05, 0) is 63.6 Å². The van der Waals surface area contributed by atoms with E-state index in [0.717, 1.165) is 43.4 Å². The molecule has 0 aliphatic heterocycles. The Balaban J connectivity index is 1.81.